The maximum Gasteiger partial charge on any atom is 0.573 e. The van der Waals surface area contributed by atoms with Crippen molar-refractivity contribution in [2.45, 2.75) is 12.5 Å². The molecule has 3 nitrogen and oxygen atoms in total. The highest BCUT2D eigenvalue weighted by atomic mass is 19.4. The average molecular weight is 364 g/mol. The lowest BCUT2D eigenvalue weighted by Gasteiger charge is -2.16. The minimum absolute atomic E-state index is 0.296. The molecule has 0 spiro atoms. The van der Waals surface area contributed by atoms with Crippen molar-refractivity contribution in [1.29, 1.82) is 0 Å². The molecule has 0 amide bonds. The Labute approximate surface area is 137 Å². The van der Waals surface area contributed by atoms with E-state index in [9.17, 15) is 31.1 Å². The van der Waals surface area contributed by atoms with Gasteiger partial charge in [-0.3, -0.25) is 4.79 Å². The van der Waals surface area contributed by atoms with Gasteiger partial charge in [-0.25, -0.2) is 0 Å². The van der Waals surface area contributed by atoms with Gasteiger partial charge in [0, 0.05) is 5.56 Å². The zero-order valence-corrected chi connectivity index (χ0v) is 12.3. The molecular weight excluding hydrogens is 354 g/mol. The number of hydrogen-bond acceptors (Lipinski definition) is 3. The molecule has 9 heteroatoms. The number of hydrogen-bond donors (Lipinski definition) is 0. The van der Waals surface area contributed by atoms with Gasteiger partial charge in [0.1, 0.15) is 6.29 Å². The fourth-order valence-electron chi connectivity index (χ4n) is 1.92. The summed E-state index contributed by atoms with van der Waals surface area (Å²) >= 11 is 0. The highest BCUT2D eigenvalue weighted by molar-refractivity contribution is 5.77. The number of aldehydes is 1. The maximum absolute atomic E-state index is 12.4. The van der Waals surface area contributed by atoms with Crippen molar-refractivity contribution in [2.75, 3.05) is 6.61 Å². The van der Waals surface area contributed by atoms with Crippen molar-refractivity contribution in [3.05, 3.63) is 48.0 Å². The third-order valence-electron chi connectivity index (χ3n) is 2.94. The Morgan fingerprint density at radius 2 is 1.44 bits per heavy atom. The second kappa shape index (κ2) is 7.04. The maximum atomic E-state index is 12.4. The Morgan fingerprint density at radius 1 is 0.840 bits per heavy atom. The number of halogens is 6. The predicted octanol–water partition coefficient (Wildman–Crippen LogP) is 5.01. The van der Waals surface area contributed by atoms with Gasteiger partial charge in [0.15, 0.2) is 18.1 Å². The Bertz CT molecular complexity index is 735. The summed E-state index contributed by atoms with van der Waals surface area (Å²) in [4.78, 5) is 10.6. The van der Waals surface area contributed by atoms with E-state index >= 15 is 0 Å². The molecule has 0 bridgehead atoms. The zero-order valence-electron chi connectivity index (χ0n) is 12.3. The van der Waals surface area contributed by atoms with Crippen LogP contribution in [0.2, 0.25) is 0 Å². The number of rotatable bonds is 5. The van der Waals surface area contributed by atoms with Gasteiger partial charge in [-0.2, -0.15) is 13.2 Å². The first-order valence-electron chi connectivity index (χ1n) is 6.72. The molecule has 0 saturated carbocycles. The standard InChI is InChI=1S/C16H10F6O3/c17-15(18,19)9-24-14-7-12(5-6-13(14)25-16(20,21)22)11-3-1-10(8-23)2-4-11/h1-8H,9H2. The molecule has 25 heavy (non-hydrogen) atoms. The molecule has 0 fully saturated rings. The Hall–Kier alpha value is -2.71. The summed E-state index contributed by atoms with van der Waals surface area (Å²) in [7, 11) is 0. The van der Waals surface area contributed by atoms with E-state index in [-0.39, 0.29) is 0 Å². The summed E-state index contributed by atoms with van der Waals surface area (Å²) < 4.78 is 82.1. The van der Waals surface area contributed by atoms with E-state index < -0.39 is 30.6 Å². The molecule has 0 heterocycles. The van der Waals surface area contributed by atoms with Crippen molar-refractivity contribution in [1.82, 2.24) is 0 Å². The van der Waals surface area contributed by atoms with Crippen LogP contribution < -0.4 is 9.47 Å². The smallest absolute Gasteiger partial charge is 0.480 e. The third kappa shape index (κ3) is 5.70. The topological polar surface area (TPSA) is 35.5 Å². The van der Waals surface area contributed by atoms with Crippen molar-refractivity contribution >= 4 is 6.29 Å². The molecule has 0 aromatic heterocycles. The largest absolute Gasteiger partial charge is 0.573 e. The summed E-state index contributed by atoms with van der Waals surface area (Å²) in [6.07, 6.45) is -9.21. The molecule has 0 atom stereocenters. The highest BCUT2D eigenvalue weighted by Gasteiger charge is 2.34. The van der Waals surface area contributed by atoms with Crippen LogP contribution in [0, 0.1) is 0 Å². The first-order valence-corrected chi connectivity index (χ1v) is 6.72. The normalized spacial score (nSPS) is 11.9. The van der Waals surface area contributed by atoms with Crippen molar-refractivity contribution in [2.24, 2.45) is 0 Å². The zero-order chi connectivity index (χ0) is 18.7. The molecule has 0 saturated heterocycles. The van der Waals surface area contributed by atoms with Gasteiger partial charge in [0.25, 0.3) is 0 Å². The molecule has 134 valence electrons. The molecule has 0 aliphatic heterocycles. The third-order valence-corrected chi connectivity index (χ3v) is 2.94. The van der Waals surface area contributed by atoms with Gasteiger partial charge in [0.05, 0.1) is 0 Å². The molecule has 0 N–H and O–H groups in total. The van der Waals surface area contributed by atoms with E-state index in [0.29, 0.717) is 23.0 Å². The molecule has 0 unspecified atom stereocenters. The fraction of sp³-hybridized carbons (Fsp3) is 0.188. The molecular formula is C16H10F6O3. The second-order valence-electron chi connectivity index (χ2n) is 4.85. The average Bonchev–Trinajstić information content (AvgIpc) is 2.52. The molecule has 0 aliphatic rings. The van der Waals surface area contributed by atoms with E-state index in [2.05, 4.69) is 9.47 Å². The summed E-state index contributed by atoms with van der Waals surface area (Å²) in [6, 6.07) is 9.01. The SMILES string of the molecule is O=Cc1ccc(-c2ccc(OC(F)(F)F)c(OCC(F)(F)F)c2)cc1. The van der Waals surface area contributed by atoms with Crippen LogP contribution in [0.4, 0.5) is 26.3 Å². The van der Waals surface area contributed by atoms with Crippen LogP contribution in [-0.2, 0) is 0 Å². The van der Waals surface area contributed by atoms with Crippen LogP contribution in [0.5, 0.6) is 11.5 Å². The van der Waals surface area contributed by atoms with Gasteiger partial charge < -0.3 is 9.47 Å². The number of carbonyl (C=O) groups is 1. The van der Waals surface area contributed by atoms with Gasteiger partial charge in [-0.15, -0.1) is 13.2 Å². The summed E-state index contributed by atoms with van der Waals surface area (Å²) in [5.74, 6) is -1.59. The molecule has 2 rings (SSSR count). The van der Waals surface area contributed by atoms with Crippen LogP contribution in [0.15, 0.2) is 42.5 Å². The lowest BCUT2D eigenvalue weighted by molar-refractivity contribution is -0.275. The molecule has 2 aromatic carbocycles. The van der Waals surface area contributed by atoms with Crippen molar-refractivity contribution in [3.63, 3.8) is 0 Å². The van der Waals surface area contributed by atoms with Crippen LogP contribution in [0.3, 0.4) is 0 Å². The van der Waals surface area contributed by atoms with Gasteiger partial charge >= 0.3 is 12.5 Å². The van der Waals surface area contributed by atoms with Crippen LogP contribution in [0.25, 0.3) is 11.1 Å². The Kier molecular flexibility index (Phi) is 5.24. The first kappa shape index (κ1) is 18.6. The Balaban J connectivity index is 2.37. The van der Waals surface area contributed by atoms with E-state index in [1.54, 1.807) is 0 Å². The minimum atomic E-state index is -5.08. The van der Waals surface area contributed by atoms with Crippen molar-refractivity contribution in [3.8, 4) is 22.6 Å². The summed E-state index contributed by atoms with van der Waals surface area (Å²) in [6.45, 7) is -1.77. The first-order chi connectivity index (χ1) is 11.6. The van der Waals surface area contributed by atoms with E-state index in [0.717, 1.165) is 12.1 Å². The second-order valence-corrected chi connectivity index (χ2v) is 4.85. The number of ether oxygens (including phenoxy) is 2. The van der Waals surface area contributed by atoms with Crippen LogP contribution in [0.1, 0.15) is 10.4 Å². The minimum Gasteiger partial charge on any atom is -0.480 e. The van der Waals surface area contributed by atoms with Gasteiger partial charge in [-0.1, -0.05) is 30.3 Å². The molecule has 2 aromatic rings. The number of benzene rings is 2. The molecule has 0 radical (unpaired) electrons. The highest BCUT2D eigenvalue weighted by Crippen LogP contribution is 2.36. The Morgan fingerprint density at radius 3 is 1.96 bits per heavy atom. The van der Waals surface area contributed by atoms with Gasteiger partial charge in [-0.05, 0) is 23.3 Å². The van der Waals surface area contributed by atoms with E-state index in [4.69, 9.17) is 0 Å². The fourth-order valence-corrected chi connectivity index (χ4v) is 1.92. The van der Waals surface area contributed by atoms with Crippen LogP contribution in [-0.4, -0.2) is 25.4 Å². The monoisotopic (exact) mass is 364 g/mol. The van der Waals surface area contributed by atoms with E-state index in [1.165, 1.54) is 30.3 Å². The lowest BCUT2D eigenvalue weighted by Crippen LogP contribution is -2.21. The summed E-state index contributed by atoms with van der Waals surface area (Å²) in [5, 5.41) is 0. The quantitative estimate of drug-likeness (QED) is 0.553. The number of alkyl halides is 6. The van der Waals surface area contributed by atoms with Gasteiger partial charge in [0.2, 0.25) is 0 Å². The van der Waals surface area contributed by atoms with E-state index in [1.807, 2.05) is 0 Å². The van der Waals surface area contributed by atoms with Crippen molar-refractivity contribution < 1.29 is 40.6 Å². The lowest BCUT2D eigenvalue weighted by atomic mass is 10.0. The molecule has 0 aliphatic carbocycles. The van der Waals surface area contributed by atoms with Crippen LogP contribution >= 0.6 is 0 Å². The summed E-state index contributed by atoms with van der Waals surface area (Å²) in [5.41, 5.74) is 1.14. The number of carbonyl (C=O) groups excluding carboxylic acids is 1. The predicted molar refractivity (Wildman–Crippen MR) is 75.5 cm³/mol.